The average Bonchev–Trinajstić information content (AvgIpc) is 3.00. The zero-order chi connectivity index (χ0) is 11.7. The summed E-state index contributed by atoms with van der Waals surface area (Å²) >= 11 is 0. The lowest BCUT2D eigenvalue weighted by Gasteiger charge is -2.19. The first-order valence-electron chi connectivity index (χ1n) is 6.00. The molecule has 3 rings (SSSR count). The van der Waals surface area contributed by atoms with Crippen LogP contribution < -0.4 is 0 Å². The number of hydrogen-bond donors (Lipinski definition) is 1. The molecule has 17 heavy (non-hydrogen) atoms. The molecule has 4 nitrogen and oxygen atoms in total. The van der Waals surface area contributed by atoms with Crippen LogP contribution in [0.25, 0.3) is 11.4 Å². The first kappa shape index (κ1) is 10.5. The Kier molecular flexibility index (Phi) is 2.65. The van der Waals surface area contributed by atoms with Gasteiger partial charge in [0.1, 0.15) is 0 Å². The van der Waals surface area contributed by atoms with Crippen LogP contribution >= 0.6 is 0 Å². The second-order valence-electron chi connectivity index (χ2n) is 4.59. The van der Waals surface area contributed by atoms with E-state index >= 15 is 0 Å². The molecule has 1 aliphatic heterocycles. The Labute approximate surface area is 101 Å². The first-order chi connectivity index (χ1) is 8.34. The molecule has 3 heterocycles. The van der Waals surface area contributed by atoms with Crippen LogP contribution in [0.4, 0.5) is 0 Å². The first-order valence-corrected chi connectivity index (χ1v) is 6.00. The van der Waals surface area contributed by atoms with E-state index < -0.39 is 0 Å². The normalized spacial score (nSPS) is 20.9. The van der Waals surface area contributed by atoms with E-state index in [1.165, 1.54) is 24.9 Å². The monoisotopic (exact) mass is 228 g/mol. The molecule has 88 valence electrons. The van der Waals surface area contributed by atoms with E-state index in [0.717, 1.165) is 11.4 Å². The summed E-state index contributed by atoms with van der Waals surface area (Å²) in [6.07, 6.45) is 6.25. The molecule has 1 atom stereocenters. The lowest BCUT2D eigenvalue weighted by Crippen LogP contribution is -2.17. The third kappa shape index (κ3) is 1.96. The minimum Gasteiger partial charge on any atom is -0.299 e. The summed E-state index contributed by atoms with van der Waals surface area (Å²) < 4.78 is 0. The third-order valence-electron chi connectivity index (χ3n) is 3.47. The van der Waals surface area contributed by atoms with Crippen molar-refractivity contribution < 1.29 is 0 Å². The summed E-state index contributed by atoms with van der Waals surface area (Å²) in [6, 6.07) is 6.72. The van der Waals surface area contributed by atoms with Crippen molar-refractivity contribution in [3.8, 4) is 11.4 Å². The number of H-pyrrole nitrogens is 1. The number of aromatic amines is 1. The van der Waals surface area contributed by atoms with Gasteiger partial charge in [-0.2, -0.15) is 5.10 Å². The molecule has 0 aromatic carbocycles. The molecule has 0 aliphatic carbocycles. The fourth-order valence-electron chi connectivity index (χ4n) is 2.49. The summed E-state index contributed by atoms with van der Waals surface area (Å²) in [5, 5.41) is 6.87. The Morgan fingerprint density at radius 3 is 2.88 bits per heavy atom. The number of aromatic nitrogens is 3. The number of likely N-dealkylation sites (tertiary alicyclic amines) is 1. The highest BCUT2D eigenvalue weighted by atomic mass is 15.1. The summed E-state index contributed by atoms with van der Waals surface area (Å²) in [5.41, 5.74) is 3.23. The molecule has 1 aliphatic rings. The maximum atomic E-state index is 4.50. The van der Waals surface area contributed by atoms with Crippen molar-refractivity contribution in [3.63, 3.8) is 0 Å². The summed E-state index contributed by atoms with van der Waals surface area (Å²) in [5.74, 6) is 0. The molecule has 0 saturated carbocycles. The van der Waals surface area contributed by atoms with E-state index in [0.29, 0.717) is 6.04 Å². The van der Waals surface area contributed by atoms with Crippen molar-refractivity contribution in [1.29, 1.82) is 0 Å². The minimum absolute atomic E-state index is 0.540. The highest BCUT2D eigenvalue weighted by Crippen LogP contribution is 2.30. The van der Waals surface area contributed by atoms with E-state index in [9.17, 15) is 0 Å². The smallest absolute Gasteiger partial charge is 0.0880 e. The molecule has 1 unspecified atom stereocenters. The van der Waals surface area contributed by atoms with Crippen LogP contribution in [0, 0.1) is 0 Å². The third-order valence-corrected chi connectivity index (χ3v) is 3.47. The van der Waals surface area contributed by atoms with Crippen LogP contribution in [0.5, 0.6) is 0 Å². The fraction of sp³-hybridized carbons (Fsp3) is 0.385. The summed E-state index contributed by atoms with van der Waals surface area (Å²) in [7, 11) is 2.18. The molecule has 0 amide bonds. The van der Waals surface area contributed by atoms with Crippen molar-refractivity contribution in [2.45, 2.75) is 18.9 Å². The second-order valence-corrected chi connectivity index (χ2v) is 4.59. The average molecular weight is 228 g/mol. The molecular weight excluding hydrogens is 212 g/mol. The number of nitrogens with zero attached hydrogens (tertiary/aromatic N) is 3. The van der Waals surface area contributed by atoms with E-state index in [1.807, 2.05) is 12.3 Å². The maximum Gasteiger partial charge on any atom is 0.0880 e. The van der Waals surface area contributed by atoms with Gasteiger partial charge >= 0.3 is 0 Å². The predicted octanol–water partition coefficient (Wildman–Crippen LogP) is 2.24. The second kappa shape index (κ2) is 4.30. The topological polar surface area (TPSA) is 44.8 Å². The van der Waals surface area contributed by atoms with Gasteiger partial charge in [0.05, 0.1) is 11.4 Å². The molecule has 0 bridgehead atoms. The molecule has 1 fully saturated rings. The minimum atomic E-state index is 0.540. The zero-order valence-corrected chi connectivity index (χ0v) is 9.93. The van der Waals surface area contributed by atoms with E-state index in [2.05, 4.69) is 39.3 Å². The van der Waals surface area contributed by atoms with Gasteiger partial charge in [-0.1, -0.05) is 6.07 Å². The molecule has 0 radical (unpaired) electrons. The van der Waals surface area contributed by atoms with E-state index in [-0.39, 0.29) is 0 Å². The molecular formula is C13H16N4. The number of rotatable bonds is 2. The molecule has 1 N–H and O–H groups in total. The van der Waals surface area contributed by atoms with E-state index in [4.69, 9.17) is 0 Å². The van der Waals surface area contributed by atoms with Gasteiger partial charge in [-0.15, -0.1) is 0 Å². The van der Waals surface area contributed by atoms with Gasteiger partial charge in [-0.3, -0.25) is 15.0 Å². The van der Waals surface area contributed by atoms with Crippen molar-refractivity contribution >= 4 is 0 Å². The Hall–Kier alpha value is -1.68. The van der Waals surface area contributed by atoms with Crippen molar-refractivity contribution in [3.05, 3.63) is 36.2 Å². The highest BCUT2D eigenvalue weighted by Gasteiger charge is 2.22. The molecule has 1 saturated heterocycles. The molecule has 2 aromatic rings. The van der Waals surface area contributed by atoms with Crippen molar-refractivity contribution in [2.75, 3.05) is 13.6 Å². The molecule has 0 spiro atoms. The van der Waals surface area contributed by atoms with E-state index in [1.54, 1.807) is 6.20 Å². The number of pyridine rings is 1. The number of nitrogens with one attached hydrogen (secondary N) is 1. The number of hydrogen-bond acceptors (Lipinski definition) is 3. The summed E-state index contributed by atoms with van der Waals surface area (Å²) in [6.45, 7) is 1.19. The molecule has 2 aromatic heterocycles. The predicted molar refractivity (Wildman–Crippen MR) is 66.4 cm³/mol. The lowest BCUT2D eigenvalue weighted by atomic mass is 10.1. The quantitative estimate of drug-likeness (QED) is 0.857. The van der Waals surface area contributed by atoms with Gasteiger partial charge in [0.2, 0.25) is 0 Å². The van der Waals surface area contributed by atoms with Crippen molar-refractivity contribution in [1.82, 2.24) is 20.1 Å². The van der Waals surface area contributed by atoms with Crippen LogP contribution in [-0.2, 0) is 0 Å². The van der Waals surface area contributed by atoms with Gasteiger partial charge in [0, 0.05) is 18.4 Å². The van der Waals surface area contributed by atoms with Crippen LogP contribution in [0.2, 0.25) is 0 Å². The lowest BCUT2D eigenvalue weighted by molar-refractivity contribution is 0.317. The van der Waals surface area contributed by atoms with Crippen LogP contribution in [0.15, 0.2) is 30.6 Å². The van der Waals surface area contributed by atoms with Crippen LogP contribution in [0.1, 0.15) is 24.4 Å². The molecule has 4 heteroatoms. The van der Waals surface area contributed by atoms with Gasteiger partial charge in [0.15, 0.2) is 0 Å². The van der Waals surface area contributed by atoms with Gasteiger partial charge < -0.3 is 0 Å². The Morgan fingerprint density at radius 2 is 2.29 bits per heavy atom. The van der Waals surface area contributed by atoms with Gasteiger partial charge in [0.25, 0.3) is 0 Å². The fourth-order valence-corrected chi connectivity index (χ4v) is 2.49. The standard InChI is InChI=1S/C13H16N4/c1-17-8-2-3-13(17)10-4-5-11(14-9-10)12-6-7-15-16-12/h4-7,9,13H,2-3,8H2,1H3,(H,15,16). The Morgan fingerprint density at radius 1 is 1.35 bits per heavy atom. The highest BCUT2D eigenvalue weighted by molar-refractivity contribution is 5.53. The van der Waals surface area contributed by atoms with Crippen molar-refractivity contribution in [2.24, 2.45) is 0 Å². The Balaban J connectivity index is 1.85. The zero-order valence-electron chi connectivity index (χ0n) is 9.93. The SMILES string of the molecule is CN1CCCC1c1ccc(-c2ccn[nH]2)nc1. The van der Waals surface area contributed by atoms with Crippen LogP contribution in [0.3, 0.4) is 0 Å². The summed E-state index contributed by atoms with van der Waals surface area (Å²) in [4.78, 5) is 6.90. The Bertz CT molecular complexity index is 475. The van der Waals surface area contributed by atoms with Gasteiger partial charge in [-0.05, 0) is 44.1 Å². The van der Waals surface area contributed by atoms with Crippen LogP contribution in [-0.4, -0.2) is 33.7 Å². The van der Waals surface area contributed by atoms with Gasteiger partial charge in [-0.25, -0.2) is 0 Å². The maximum absolute atomic E-state index is 4.50. The largest absolute Gasteiger partial charge is 0.299 e.